The van der Waals surface area contributed by atoms with E-state index in [1.807, 2.05) is 6.07 Å². The minimum Gasteiger partial charge on any atom is -0.324 e. The van der Waals surface area contributed by atoms with Crippen molar-refractivity contribution in [2.24, 2.45) is 0 Å². The van der Waals surface area contributed by atoms with Gasteiger partial charge in [-0.1, -0.05) is 17.7 Å². The highest BCUT2D eigenvalue weighted by Crippen LogP contribution is 2.23. The van der Waals surface area contributed by atoms with Gasteiger partial charge in [-0.2, -0.15) is 10.2 Å². The lowest BCUT2D eigenvalue weighted by molar-refractivity contribution is -0.385. The monoisotopic (exact) mass is 275 g/mol. The SMILES string of the molecule is N#Cc1cccc(Nc2ncc([N+](=O)[O-])c(Cl)n2)c1. The molecule has 0 saturated heterocycles. The van der Waals surface area contributed by atoms with Crippen LogP contribution in [0.15, 0.2) is 30.5 Å². The molecule has 1 heterocycles. The van der Waals surface area contributed by atoms with Crippen molar-refractivity contribution in [3.8, 4) is 6.07 Å². The zero-order valence-corrected chi connectivity index (χ0v) is 10.1. The summed E-state index contributed by atoms with van der Waals surface area (Å²) in [5.74, 6) is 0.116. The fourth-order valence-corrected chi connectivity index (χ4v) is 1.53. The number of benzene rings is 1. The highest BCUT2D eigenvalue weighted by molar-refractivity contribution is 6.31. The van der Waals surface area contributed by atoms with Crippen LogP contribution in [-0.2, 0) is 0 Å². The number of halogens is 1. The van der Waals surface area contributed by atoms with Gasteiger partial charge in [-0.15, -0.1) is 0 Å². The summed E-state index contributed by atoms with van der Waals surface area (Å²) in [5.41, 5.74) is 0.694. The van der Waals surface area contributed by atoms with E-state index in [4.69, 9.17) is 16.9 Å². The number of nitrogens with zero attached hydrogens (tertiary/aromatic N) is 4. The van der Waals surface area contributed by atoms with Gasteiger partial charge in [0.1, 0.15) is 6.20 Å². The zero-order valence-electron chi connectivity index (χ0n) is 9.37. The Balaban J connectivity index is 2.26. The predicted molar refractivity (Wildman–Crippen MR) is 68.1 cm³/mol. The van der Waals surface area contributed by atoms with Gasteiger partial charge in [-0.25, -0.2) is 4.98 Å². The van der Waals surface area contributed by atoms with E-state index in [1.54, 1.807) is 24.3 Å². The van der Waals surface area contributed by atoms with Crippen molar-refractivity contribution >= 4 is 28.9 Å². The molecule has 94 valence electrons. The van der Waals surface area contributed by atoms with Crippen LogP contribution in [0.2, 0.25) is 5.15 Å². The molecule has 2 rings (SSSR count). The first kappa shape index (κ1) is 12.7. The number of rotatable bonds is 3. The molecule has 0 aliphatic heterocycles. The molecule has 19 heavy (non-hydrogen) atoms. The Kier molecular flexibility index (Phi) is 3.54. The Morgan fingerprint density at radius 1 is 1.47 bits per heavy atom. The minimum atomic E-state index is -0.664. The number of anilines is 2. The summed E-state index contributed by atoms with van der Waals surface area (Å²) in [7, 11) is 0. The Hall–Kier alpha value is -2.72. The third-order valence-corrected chi connectivity index (χ3v) is 2.45. The first-order valence-electron chi connectivity index (χ1n) is 5.04. The molecule has 0 amide bonds. The third-order valence-electron chi connectivity index (χ3n) is 2.17. The molecular weight excluding hydrogens is 270 g/mol. The van der Waals surface area contributed by atoms with Crippen LogP contribution in [0.4, 0.5) is 17.3 Å². The van der Waals surface area contributed by atoms with E-state index in [1.165, 1.54) is 0 Å². The van der Waals surface area contributed by atoms with Gasteiger partial charge in [-0.3, -0.25) is 10.1 Å². The molecular formula is C11H6ClN5O2. The van der Waals surface area contributed by atoms with Crippen LogP contribution in [0.5, 0.6) is 0 Å². The highest BCUT2D eigenvalue weighted by atomic mass is 35.5. The van der Waals surface area contributed by atoms with Crippen molar-refractivity contribution in [2.75, 3.05) is 5.32 Å². The number of aromatic nitrogens is 2. The number of hydrogen-bond acceptors (Lipinski definition) is 6. The van der Waals surface area contributed by atoms with Crippen molar-refractivity contribution < 1.29 is 4.92 Å². The number of hydrogen-bond donors (Lipinski definition) is 1. The smallest absolute Gasteiger partial charge is 0.324 e. The van der Waals surface area contributed by atoms with Crippen molar-refractivity contribution in [3.63, 3.8) is 0 Å². The summed E-state index contributed by atoms with van der Waals surface area (Å²) < 4.78 is 0. The Morgan fingerprint density at radius 2 is 2.26 bits per heavy atom. The fraction of sp³-hybridized carbons (Fsp3) is 0. The largest absolute Gasteiger partial charge is 0.324 e. The van der Waals surface area contributed by atoms with Crippen molar-refractivity contribution in [3.05, 3.63) is 51.3 Å². The van der Waals surface area contributed by atoms with Crippen LogP contribution in [0.3, 0.4) is 0 Å². The fourth-order valence-electron chi connectivity index (χ4n) is 1.33. The predicted octanol–water partition coefficient (Wildman–Crippen LogP) is 2.65. The molecule has 0 saturated carbocycles. The lowest BCUT2D eigenvalue weighted by Gasteiger charge is -2.04. The van der Waals surface area contributed by atoms with Crippen LogP contribution >= 0.6 is 11.6 Å². The highest BCUT2D eigenvalue weighted by Gasteiger charge is 2.15. The summed E-state index contributed by atoms with van der Waals surface area (Å²) in [6, 6.07) is 8.63. The number of nitro groups is 1. The van der Waals surface area contributed by atoms with Gasteiger partial charge in [0.2, 0.25) is 11.1 Å². The van der Waals surface area contributed by atoms with E-state index in [9.17, 15) is 10.1 Å². The van der Waals surface area contributed by atoms with Gasteiger partial charge in [0.15, 0.2) is 0 Å². The summed E-state index contributed by atoms with van der Waals surface area (Å²) in [4.78, 5) is 17.4. The molecule has 0 radical (unpaired) electrons. The van der Waals surface area contributed by atoms with Crippen LogP contribution in [0.25, 0.3) is 0 Å². The summed E-state index contributed by atoms with van der Waals surface area (Å²) in [5, 5.41) is 21.9. The molecule has 0 bridgehead atoms. The standard InChI is InChI=1S/C11H6ClN5O2/c12-10-9(17(18)19)6-14-11(16-10)15-8-3-1-2-7(4-8)5-13/h1-4,6H,(H,14,15,16). The summed E-state index contributed by atoms with van der Waals surface area (Å²) in [6.45, 7) is 0. The first-order chi connectivity index (χ1) is 9.10. The lowest BCUT2D eigenvalue weighted by Crippen LogP contribution is -2.00. The second kappa shape index (κ2) is 5.29. The van der Waals surface area contributed by atoms with Gasteiger partial charge in [0.05, 0.1) is 16.6 Å². The lowest BCUT2D eigenvalue weighted by atomic mass is 10.2. The molecule has 1 aromatic heterocycles. The summed E-state index contributed by atoms with van der Waals surface area (Å²) in [6.07, 6.45) is 1.02. The maximum atomic E-state index is 10.6. The molecule has 0 aliphatic carbocycles. The van der Waals surface area contributed by atoms with Gasteiger partial charge in [0, 0.05) is 5.69 Å². The molecule has 0 fully saturated rings. The topological polar surface area (TPSA) is 105 Å². The second-order valence-electron chi connectivity index (χ2n) is 3.44. The van der Waals surface area contributed by atoms with Crippen molar-refractivity contribution in [1.82, 2.24) is 9.97 Å². The molecule has 0 aliphatic rings. The van der Waals surface area contributed by atoms with Gasteiger partial charge in [-0.05, 0) is 18.2 Å². The molecule has 0 unspecified atom stereocenters. The molecule has 1 aromatic carbocycles. The zero-order chi connectivity index (χ0) is 13.8. The van der Waals surface area contributed by atoms with Crippen molar-refractivity contribution in [2.45, 2.75) is 0 Å². The third kappa shape index (κ3) is 2.94. The Labute approximate surface area is 112 Å². The Morgan fingerprint density at radius 3 is 2.89 bits per heavy atom. The molecule has 7 nitrogen and oxygen atoms in total. The van der Waals surface area contributed by atoms with E-state index in [-0.39, 0.29) is 16.8 Å². The maximum absolute atomic E-state index is 10.6. The molecule has 8 heteroatoms. The van der Waals surface area contributed by atoms with Crippen LogP contribution < -0.4 is 5.32 Å². The Bertz CT molecular complexity index is 683. The summed E-state index contributed by atoms with van der Waals surface area (Å²) >= 11 is 5.66. The molecule has 1 N–H and O–H groups in total. The quantitative estimate of drug-likeness (QED) is 0.524. The number of nitriles is 1. The second-order valence-corrected chi connectivity index (χ2v) is 3.80. The maximum Gasteiger partial charge on any atom is 0.324 e. The van der Waals surface area contributed by atoms with Crippen molar-refractivity contribution in [1.29, 1.82) is 5.26 Å². The number of nitrogens with one attached hydrogen (secondary N) is 1. The minimum absolute atomic E-state index is 0.116. The van der Waals surface area contributed by atoms with E-state index < -0.39 is 4.92 Å². The van der Waals surface area contributed by atoms with E-state index >= 15 is 0 Å². The molecule has 0 spiro atoms. The average molecular weight is 276 g/mol. The van der Waals surface area contributed by atoms with Crippen LogP contribution in [0, 0.1) is 21.4 Å². The molecule has 0 atom stereocenters. The van der Waals surface area contributed by atoms with Crippen LogP contribution in [0.1, 0.15) is 5.56 Å². The van der Waals surface area contributed by atoms with Gasteiger partial charge < -0.3 is 5.32 Å². The van der Waals surface area contributed by atoms with E-state index in [0.29, 0.717) is 11.3 Å². The van der Waals surface area contributed by atoms with E-state index in [2.05, 4.69) is 15.3 Å². The van der Waals surface area contributed by atoms with E-state index in [0.717, 1.165) is 6.20 Å². The van der Waals surface area contributed by atoms with Gasteiger partial charge >= 0.3 is 5.69 Å². The first-order valence-corrected chi connectivity index (χ1v) is 5.42. The van der Waals surface area contributed by atoms with Crippen LogP contribution in [-0.4, -0.2) is 14.9 Å². The molecule has 2 aromatic rings. The van der Waals surface area contributed by atoms with Gasteiger partial charge in [0.25, 0.3) is 0 Å². The normalized spacial score (nSPS) is 9.68. The average Bonchev–Trinajstić information content (AvgIpc) is 2.38.